The maximum Gasteiger partial charge on any atom is 0.123 e. The van der Waals surface area contributed by atoms with E-state index < -0.39 is 0 Å². The van der Waals surface area contributed by atoms with Crippen molar-refractivity contribution >= 4 is 21.6 Å². The quantitative estimate of drug-likeness (QED) is 0.758. The monoisotopic (exact) mass is 300 g/mol. The summed E-state index contributed by atoms with van der Waals surface area (Å²) in [5.74, 6) is -0.200. The fourth-order valence-electron chi connectivity index (χ4n) is 2.43. The summed E-state index contributed by atoms with van der Waals surface area (Å²) in [6.45, 7) is 2.95. The molecule has 0 fully saturated rings. The van der Waals surface area contributed by atoms with E-state index in [1.54, 1.807) is 11.3 Å². The summed E-state index contributed by atoms with van der Waals surface area (Å²) in [5, 5.41) is 4.56. The zero-order chi connectivity index (χ0) is 14.7. The summed E-state index contributed by atoms with van der Waals surface area (Å²) in [7, 11) is 0. The van der Waals surface area contributed by atoms with Gasteiger partial charge in [0, 0.05) is 12.5 Å². The van der Waals surface area contributed by atoms with Gasteiger partial charge in [-0.1, -0.05) is 31.2 Å². The molecule has 1 atom stereocenters. The Bertz CT molecular complexity index is 688. The molecule has 0 aliphatic heterocycles. The zero-order valence-corrected chi connectivity index (χ0v) is 12.7. The molecule has 2 aromatic carbocycles. The van der Waals surface area contributed by atoms with Gasteiger partial charge in [-0.15, -0.1) is 11.3 Å². The average Bonchev–Trinajstić information content (AvgIpc) is 2.90. The van der Waals surface area contributed by atoms with Crippen LogP contribution in [-0.2, 0) is 6.42 Å². The van der Waals surface area contributed by atoms with Gasteiger partial charge in [-0.3, -0.25) is 0 Å². The van der Waals surface area contributed by atoms with Crippen LogP contribution in [0.4, 0.5) is 4.39 Å². The summed E-state index contributed by atoms with van der Waals surface area (Å²) in [4.78, 5) is 4.68. The van der Waals surface area contributed by atoms with E-state index in [9.17, 15) is 4.39 Å². The maximum absolute atomic E-state index is 13.1. The summed E-state index contributed by atoms with van der Waals surface area (Å²) < 4.78 is 14.3. The first-order valence-electron chi connectivity index (χ1n) is 7.09. The van der Waals surface area contributed by atoms with Gasteiger partial charge in [0.15, 0.2) is 0 Å². The zero-order valence-electron chi connectivity index (χ0n) is 11.8. The van der Waals surface area contributed by atoms with Gasteiger partial charge < -0.3 is 5.32 Å². The van der Waals surface area contributed by atoms with Crippen LogP contribution >= 0.6 is 11.3 Å². The summed E-state index contributed by atoms with van der Waals surface area (Å²) >= 11 is 1.72. The molecule has 2 nitrogen and oxygen atoms in total. The predicted octanol–water partition coefficient (Wildman–Crippen LogP) is 4.33. The number of nitrogens with one attached hydrogen (secondary N) is 1. The molecule has 3 aromatic rings. The lowest BCUT2D eigenvalue weighted by molar-refractivity contribution is 0.546. The molecule has 1 unspecified atom stereocenters. The number of hydrogen-bond acceptors (Lipinski definition) is 3. The molecule has 0 saturated heterocycles. The number of thiazole rings is 1. The Morgan fingerprint density at radius 1 is 1.14 bits per heavy atom. The first kappa shape index (κ1) is 14.2. The summed E-state index contributed by atoms with van der Waals surface area (Å²) in [6, 6.07) is 15.0. The Morgan fingerprint density at radius 2 is 1.90 bits per heavy atom. The number of rotatable bonds is 5. The second-order valence-corrected chi connectivity index (χ2v) is 6.06. The second kappa shape index (κ2) is 6.33. The number of nitrogens with zero attached hydrogens (tertiary/aromatic N) is 1. The van der Waals surface area contributed by atoms with Gasteiger partial charge in [0.2, 0.25) is 0 Å². The maximum atomic E-state index is 13.1. The van der Waals surface area contributed by atoms with Crippen molar-refractivity contribution in [1.29, 1.82) is 0 Å². The van der Waals surface area contributed by atoms with Gasteiger partial charge in [-0.05, 0) is 36.4 Å². The molecule has 0 amide bonds. The Hall–Kier alpha value is -1.78. The van der Waals surface area contributed by atoms with Crippen molar-refractivity contribution in [2.45, 2.75) is 19.4 Å². The lowest BCUT2D eigenvalue weighted by Crippen LogP contribution is -2.22. The van der Waals surface area contributed by atoms with Crippen LogP contribution in [0.1, 0.15) is 23.5 Å². The molecule has 3 rings (SSSR count). The molecule has 1 N–H and O–H groups in total. The van der Waals surface area contributed by atoms with E-state index in [-0.39, 0.29) is 11.9 Å². The van der Waals surface area contributed by atoms with Gasteiger partial charge in [0.25, 0.3) is 0 Å². The molecule has 1 heterocycles. The number of aromatic nitrogens is 1. The van der Waals surface area contributed by atoms with Gasteiger partial charge in [-0.25, -0.2) is 9.37 Å². The van der Waals surface area contributed by atoms with E-state index in [1.165, 1.54) is 16.8 Å². The summed E-state index contributed by atoms with van der Waals surface area (Å²) in [6.07, 6.45) is 0.818. The standard InChI is InChI=1S/C17H17FN2S/c1-2-19-15(12-7-9-13(18)10-8-12)11-17-20-14-5-3-4-6-16(14)21-17/h3-10,15,19H,2,11H2,1H3. The third kappa shape index (κ3) is 3.28. The fraction of sp³-hybridized carbons (Fsp3) is 0.235. The Kier molecular flexibility index (Phi) is 4.27. The molecule has 0 aliphatic carbocycles. The Balaban J connectivity index is 1.85. The molecule has 0 saturated carbocycles. The number of benzene rings is 2. The highest BCUT2D eigenvalue weighted by molar-refractivity contribution is 7.18. The average molecular weight is 300 g/mol. The van der Waals surface area contributed by atoms with Crippen LogP contribution in [0, 0.1) is 5.82 Å². The van der Waals surface area contributed by atoms with Crippen LogP contribution in [-0.4, -0.2) is 11.5 Å². The van der Waals surface area contributed by atoms with Crippen molar-refractivity contribution in [2.75, 3.05) is 6.54 Å². The molecule has 1 aromatic heterocycles. The van der Waals surface area contributed by atoms with Crippen LogP contribution in [0.2, 0.25) is 0 Å². The molecule has 0 radical (unpaired) electrons. The fourth-order valence-corrected chi connectivity index (χ4v) is 3.44. The van der Waals surface area contributed by atoms with E-state index in [1.807, 2.05) is 30.3 Å². The molecule has 108 valence electrons. The number of likely N-dealkylation sites (N-methyl/N-ethyl adjacent to an activating group) is 1. The second-order valence-electron chi connectivity index (χ2n) is 4.94. The lowest BCUT2D eigenvalue weighted by Gasteiger charge is -2.17. The smallest absolute Gasteiger partial charge is 0.123 e. The lowest BCUT2D eigenvalue weighted by atomic mass is 10.0. The minimum atomic E-state index is -0.200. The third-order valence-electron chi connectivity index (χ3n) is 3.44. The number of hydrogen-bond donors (Lipinski definition) is 1. The van der Waals surface area contributed by atoms with Gasteiger partial charge in [-0.2, -0.15) is 0 Å². The number of para-hydroxylation sites is 1. The van der Waals surface area contributed by atoms with Gasteiger partial charge in [0.05, 0.1) is 15.2 Å². The SMILES string of the molecule is CCNC(Cc1nc2ccccc2s1)c1ccc(F)cc1. The predicted molar refractivity (Wildman–Crippen MR) is 86.1 cm³/mol. The van der Waals surface area contributed by atoms with Crippen molar-refractivity contribution in [3.63, 3.8) is 0 Å². The Labute approximate surface area is 127 Å². The molecule has 0 spiro atoms. The van der Waals surface area contributed by atoms with E-state index in [0.29, 0.717) is 0 Å². The van der Waals surface area contributed by atoms with Gasteiger partial charge in [0.1, 0.15) is 5.82 Å². The third-order valence-corrected chi connectivity index (χ3v) is 4.50. The van der Waals surface area contributed by atoms with Crippen LogP contribution in [0.5, 0.6) is 0 Å². The minimum absolute atomic E-state index is 0.163. The highest BCUT2D eigenvalue weighted by Crippen LogP contribution is 2.26. The number of fused-ring (bicyclic) bond motifs is 1. The van der Waals surface area contributed by atoms with Crippen molar-refractivity contribution in [1.82, 2.24) is 10.3 Å². The normalized spacial score (nSPS) is 12.7. The molecule has 0 bridgehead atoms. The van der Waals surface area contributed by atoms with Crippen LogP contribution in [0.25, 0.3) is 10.2 Å². The number of halogens is 1. The van der Waals surface area contributed by atoms with Gasteiger partial charge >= 0.3 is 0 Å². The largest absolute Gasteiger partial charge is 0.310 e. The first-order valence-corrected chi connectivity index (χ1v) is 7.91. The van der Waals surface area contributed by atoms with E-state index >= 15 is 0 Å². The molecular weight excluding hydrogens is 283 g/mol. The summed E-state index contributed by atoms with van der Waals surface area (Å²) in [5.41, 5.74) is 2.14. The molecule has 0 aliphatic rings. The molecule has 4 heteroatoms. The van der Waals surface area contributed by atoms with E-state index in [0.717, 1.165) is 29.1 Å². The van der Waals surface area contributed by atoms with E-state index in [2.05, 4.69) is 23.3 Å². The Morgan fingerprint density at radius 3 is 2.62 bits per heavy atom. The first-order chi connectivity index (χ1) is 10.3. The molecular formula is C17H17FN2S. The van der Waals surface area contributed by atoms with E-state index in [4.69, 9.17) is 0 Å². The van der Waals surface area contributed by atoms with Crippen molar-refractivity contribution in [3.05, 3.63) is 64.9 Å². The van der Waals surface area contributed by atoms with Crippen LogP contribution in [0.15, 0.2) is 48.5 Å². The van der Waals surface area contributed by atoms with Crippen molar-refractivity contribution in [3.8, 4) is 0 Å². The highest BCUT2D eigenvalue weighted by Gasteiger charge is 2.14. The van der Waals surface area contributed by atoms with Crippen LogP contribution < -0.4 is 5.32 Å². The van der Waals surface area contributed by atoms with Crippen LogP contribution in [0.3, 0.4) is 0 Å². The van der Waals surface area contributed by atoms with Crippen molar-refractivity contribution < 1.29 is 4.39 Å². The molecule has 21 heavy (non-hydrogen) atoms. The minimum Gasteiger partial charge on any atom is -0.310 e. The highest BCUT2D eigenvalue weighted by atomic mass is 32.1. The topological polar surface area (TPSA) is 24.9 Å². The van der Waals surface area contributed by atoms with Crippen molar-refractivity contribution in [2.24, 2.45) is 0 Å².